The van der Waals surface area contributed by atoms with Crippen LogP contribution in [0.4, 0.5) is 0 Å². The van der Waals surface area contributed by atoms with Crippen molar-refractivity contribution in [3.8, 4) is 0 Å². The zero-order valence-electron chi connectivity index (χ0n) is 16.1. The van der Waals surface area contributed by atoms with E-state index in [1.54, 1.807) is 6.20 Å². The average Bonchev–Trinajstić information content (AvgIpc) is 3.18. The molecule has 0 radical (unpaired) electrons. The quantitative estimate of drug-likeness (QED) is 0.807. The minimum Gasteiger partial charge on any atom is -0.353 e. The zero-order chi connectivity index (χ0) is 18.8. The summed E-state index contributed by atoms with van der Waals surface area (Å²) in [6, 6.07) is 2.20. The lowest BCUT2D eigenvalue weighted by Crippen LogP contribution is -2.55. The summed E-state index contributed by atoms with van der Waals surface area (Å²) in [5.41, 5.74) is 1.08. The van der Waals surface area contributed by atoms with Gasteiger partial charge in [0.15, 0.2) is 0 Å². The molecule has 1 aromatic rings. The number of nitrogens with zero attached hydrogens (tertiary/aromatic N) is 3. The summed E-state index contributed by atoms with van der Waals surface area (Å²) in [6.07, 6.45) is 12.4. The molecular weight excluding hydrogens is 340 g/mol. The second-order valence-corrected chi connectivity index (χ2v) is 8.36. The molecule has 1 aromatic heterocycles. The van der Waals surface area contributed by atoms with Crippen LogP contribution in [0.25, 0.3) is 0 Å². The number of amides is 2. The Morgan fingerprint density at radius 1 is 1.19 bits per heavy atom. The molecule has 0 spiro atoms. The first-order chi connectivity index (χ1) is 13.1. The van der Waals surface area contributed by atoms with Gasteiger partial charge < -0.3 is 10.2 Å². The van der Waals surface area contributed by atoms with E-state index in [1.807, 2.05) is 17.8 Å². The van der Waals surface area contributed by atoms with Gasteiger partial charge in [-0.05, 0) is 56.4 Å². The van der Waals surface area contributed by atoms with E-state index in [4.69, 9.17) is 0 Å². The average molecular weight is 370 g/mol. The second kappa shape index (κ2) is 7.87. The number of piperidine rings is 1. The van der Waals surface area contributed by atoms with Gasteiger partial charge in [-0.2, -0.15) is 5.10 Å². The van der Waals surface area contributed by atoms with E-state index >= 15 is 0 Å². The maximum absolute atomic E-state index is 12.9. The molecule has 2 amide bonds. The third-order valence-electron chi connectivity index (χ3n) is 6.62. The third-order valence-corrected chi connectivity index (χ3v) is 6.62. The van der Waals surface area contributed by atoms with Gasteiger partial charge in [-0.1, -0.05) is 12.2 Å². The predicted octanol–water partition coefficient (Wildman–Crippen LogP) is 2.06. The van der Waals surface area contributed by atoms with Crippen molar-refractivity contribution in [3.05, 3.63) is 30.1 Å². The molecule has 2 heterocycles. The Balaban J connectivity index is 1.30. The first-order valence-electron chi connectivity index (χ1n) is 10.3. The van der Waals surface area contributed by atoms with Crippen LogP contribution in [0.3, 0.4) is 0 Å². The Morgan fingerprint density at radius 3 is 2.59 bits per heavy atom. The smallest absolute Gasteiger partial charge is 0.226 e. The number of likely N-dealkylation sites (tertiary alicyclic amines) is 1. The monoisotopic (exact) mass is 370 g/mol. The van der Waals surface area contributed by atoms with Gasteiger partial charge in [0, 0.05) is 50.4 Å². The van der Waals surface area contributed by atoms with Crippen LogP contribution in [-0.2, 0) is 23.1 Å². The van der Waals surface area contributed by atoms with Crippen molar-refractivity contribution in [2.24, 2.45) is 24.8 Å². The van der Waals surface area contributed by atoms with Gasteiger partial charge >= 0.3 is 0 Å². The van der Waals surface area contributed by atoms with Crippen LogP contribution in [-0.4, -0.2) is 45.6 Å². The molecule has 4 atom stereocenters. The molecule has 27 heavy (non-hydrogen) atoms. The summed E-state index contributed by atoms with van der Waals surface area (Å²) in [6.45, 7) is 1.62. The van der Waals surface area contributed by atoms with Crippen LogP contribution < -0.4 is 5.32 Å². The minimum absolute atomic E-state index is 0.121. The zero-order valence-corrected chi connectivity index (χ0v) is 16.1. The van der Waals surface area contributed by atoms with Crippen molar-refractivity contribution in [3.63, 3.8) is 0 Å². The van der Waals surface area contributed by atoms with E-state index in [-0.39, 0.29) is 17.9 Å². The van der Waals surface area contributed by atoms with Crippen molar-refractivity contribution >= 4 is 11.8 Å². The van der Waals surface area contributed by atoms with Crippen molar-refractivity contribution in [2.75, 3.05) is 13.1 Å². The molecule has 4 rings (SSSR count). The highest BCUT2D eigenvalue weighted by atomic mass is 16.2. The normalized spacial score (nSPS) is 29.7. The number of rotatable bonds is 5. The summed E-state index contributed by atoms with van der Waals surface area (Å²) < 4.78 is 1.82. The minimum atomic E-state index is 0.121. The van der Waals surface area contributed by atoms with E-state index in [2.05, 4.69) is 27.5 Å². The largest absolute Gasteiger partial charge is 0.353 e. The SMILES string of the molecule is Cn1nccc1CCC(=O)NC1[C@@H]2CC[C@H]1CN(C(=O)C1CC=CCC1)C2. The van der Waals surface area contributed by atoms with E-state index in [1.165, 1.54) is 0 Å². The van der Waals surface area contributed by atoms with Crippen LogP contribution in [0.15, 0.2) is 24.4 Å². The van der Waals surface area contributed by atoms with E-state index < -0.39 is 0 Å². The van der Waals surface area contributed by atoms with E-state index in [9.17, 15) is 9.59 Å². The summed E-state index contributed by atoms with van der Waals surface area (Å²) in [7, 11) is 1.91. The van der Waals surface area contributed by atoms with Gasteiger partial charge in [0.1, 0.15) is 0 Å². The lowest BCUT2D eigenvalue weighted by atomic mass is 9.88. The van der Waals surface area contributed by atoms with Crippen molar-refractivity contribution in [2.45, 2.75) is 51.0 Å². The van der Waals surface area contributed by atoms with Crippen LogP contribution in [0.2, 0.25) is 0 Å². The van der Waals surface area contributed by atoms with Gasteiger partial charge in [-0.25, -0.2) is 0 Å². The Bertz CT molecular complexity index is 712. The van der Waals surface area contributed by atoms with Gasteiger partial charge in [0.05, 0.1) is 0 Å². The molecule has 1 saturated heterocycles. The van der Waals surface area contributed by atoms with Crippen LogP contribution >= 0.6 is 0 Å². The first kappa shape index (κ1) is 18.3. The molecule has 6 heteroatoms. The summed E-state index contributed by atoms with van der Waals surface area (Å²) in [4.78, 5) is 27.4. The lowest BCUT2D eigenvalue weighted by Gasteiger charge is -2.40. The number of aromatic nitrogens is 2. The molecule has 3 aliphatic rings. The van der Waals surface area contributed by atoms with Gasteiger partial charge in [0.2, 0.25) is 11.8 Å². The van der Waals surface area contributed by atoms with Crippen LogP contribution in [0.1, 0.15) is 44.2 Å². The molecule has 0 aromatic carbocycles. The number of carbonyl (C=O) groups excluding carboxylic acids is 2. The summed E-state index contributed by atoms with van der Waals surface area (Å²) in [5.74, 6) is 1.44. The molecule has 1 aliphatic heterocycles. The summed E-state index contributed by atoms with van der Waals surface area (Å²) in [5, 5.41) is 7.44. The number of hydrogen-bond donors (Lipinski definition) is 1. The van der Waals surface area contributed by atoms with E-state index in [0.717, 1.165) is 50.9 Å². The number of allylic oxidation sites excluding steroid dienone is 2. The van der Waals surface area contributed by atoms with Crippen LogP contribution in [0, 0.1) is 17.8 Å². The molecule has 6 nitrogen and oxygen atoms in total. The maximum atomic E-state index is 12.9. The van der Waals surface area contributed by atoms with Gasteiger partial charge in [-0.3, -0.25) is 14.3 Å². The molecule has 1 saturated carbocycles. The van der Waals surface area contributed by atoms with Crippen molar-refractivity contribution < 1.29 is 9.59 Å². The molecule has 146 valence electrons. The molecule has 2 fully saturated rings. The predicted molar refractivity (Wildman–Crippen MR) is 103 cm³/mol. The topological polar surface area (TPSA) is 67.2 Å². The Morgan fingerprint density at radius 2 is 1.96 bits per heavy atom. The standard InChI is InChI=1S/C21H30N4O2/c1-24-18(11-12-22-24)9-10-19(26)23-20-16-7-8-17(20)14-25(13-16)21(27)15-5-3-2-4-6-15/h2-3,11-12,15-17,20H,4-10,13-14H2,1H3,(H,23,26)/t15?,16-,17+,20?. The number of aryl methyl sites for hydroxylation is 2. The second-order valence-electron chi connectivity index (χ2n) is 8.36. The number of carbonyl (C=O) groups is 2. The van der Waals surface area contributed by atoms with Crippen molar-refractivity contribution in [1.29, 1.82) is 0 Å². The highest BCUT2D eigenvalue weighted by molar-refractivity contribution is 5.80. The highest BCUT2D eigenvalue weighted by Gasteiger charge is 2.44. The highest BCUT2D eigenvalue weighted by Crippen LogP contribution is 2.38. The third kappa shape index (κ3) is 3.94. The Labute approximate surface area is 161 Å². The van der Waals surface area contributed by atoms with Crippen molar-refractivity contribution in [1.82, 2.24) is 20.0 Å². The molecule has 2 bridgehead atoms. The van der Waals surface area contributed by atoms with E-state index in [0.29, 0.717) is 30.6 Å². The molecule has 2 aliphatic carbocycles. The lowest BCUT2D eigenvalue weighted by molar-refractivity contribution is -0.138. The number of hydrogen-bond acceptors (Lipinski definition) is 3. The molecular formula is C21H30N4O2. The fourth-order valence-electron chi connectivity index (χ4n) is 5.06. The first-order valence-corrected chi connectivity index (χ1v) is 10.3. The number of fused-ring (bicyclic) bond motifs is 2. The van der Waals surface area contributed by atoms with Gasteiger partial charge in [-0.15, -0.1) is 0 Å². The fraction of sp³-hybridized carbons (Fsp3) is 0.667. The maximum Gasteiger partial charge on any atom is 0.226 e. The summed E-state index contributed by atoms with van der Waals surface area (Å²) >= 11 is 0. The van der Waals surface area contributed by atoms with Gasteiger partial charge in [0.25, 0.3) is 0 Å². The Hall–Kier alpha value is -2.11. The molecule has 2 unspecified atom stereocenters. The molecule has 1 N–H and O–H groups in total. The fourth-order valence-corrected chi connectivity index (χ4v) is 5.06. The Kier molecular flexibility index (Phi) is 5.32. The van der Waals surface area contributed by atoms with Crippen LogP contribution in [0.5, 0.6) is 0 Å². The number of nitrogens with one attached hydrogen (secondary N) is 1.